The molecule has 5 heterocycles. The van der Waals surface area contributed by atoms with Crippen LogP contribution in [0.2, 0.25) is 0 Å². The van der Waals surface area contributed by atoms with Gasteiger partial charge in [-0.1, -0.05) is 42.9 Å². The number of nitrogens with zero attached hydrogens (tertiary/aromatic N) is 4. The zero-order valence-corrected chi connectivity index (χ0v) is 37.6. The van der Waals surface area contributed by atoms with Gasteiger partial charge in [-0.15, -0.1) is 10.2 Å². The third-order valence-electron chi connectivity index (χ3n) is 11.8. The summed E-state index contributed by atoms with van der Waals surface area (Å²) in [6, 6.07) is 4.00. The van der Waals surface area contributed by atoms with E-state index in [-0.39, 0.29) is 68.1 Å². The van der Waals surface area contributed by atoms with E-state index in [1.165, 1.54) is 18.2 Å². The number of aliphatic hydroxyl groups excluding tert-OH is 2. The van der Waals surface area contributed by atoms with Crippen LogP contribution in [-0.4, -0.2) is 89.3 Å². The van der Waals surface area contributed by atoms with E-state index in [1.807, 2.05) is 47.7 Å². The van der Waals surface area contributed by atoms with Crippen LogP contribution in [0.15, 0.2) is 62.5 Å². The van der Waals surface area contributed by atoms with Crippen molar-refractivity contribution in [2.24, 2.45) is 20.5 Å². The van der Waals surface area contributed by atoms with Crippen molar-refractivity contribution in [3.63, 3.8) is 0 Å². The number of cyclic esters (lactones) is 1. The first kappa shape index (κ1) is 48.7. The highest BCUT2D eigenvalue weighted by molar-refractivity contribution is 14.1. The first-order valence-corrected chi connectivity index (χ1v) is 23.0. The Labute approximate surface area is 379 Å². The van der Waals surface area contributed by atoms with Crippen LogP contribution in [0.5, 0.6) is 0 Å². The number of hydrogen-bond acceptors (Lipinski definition) is 14. The maximum atomic E-state index is 13.3. The Hall–Kier alpha value is -3.77. The summed E-state index contributed by atoms with van der Waals surface area (Å²) < 4.78 is 68.3. The summed E-state index contributed by atoms with van der Waals surface area (Å²) in [5.41, 5.74) is -1.88. The quantitative estimate of drug-likeness (QED) is 0.0334. The number of aliphatic hydroxyl groups is 2. The highest BCUT2D eigenvalue weighted by atomic mass is 125. The molecule has 344 valence electrons. The lowest BCUT2D eigenvalue weighted by molar-refractivity contribution is -0.166. The maximum absolute atomic E-state index is 13.3. The number of alkyl halides is 3. The Bertz CT molecular complexity index is 1950. The lowest BCUT2D eigenvalue weighted by Crippen LogP contribution is -2.33. The molecule has 0 spiro atoms. The molecule has 0 amide bonds. The van der Waals surface area contributed by atoms with E-state index in [4.69, 9.17) is 23.7 Å². The standard InChI is InChI=1S/C45H56F3IN4O10/c1-29-25-31(42(58)61-29)27-43(50-51-43)23-11-7-5-3-2-4-6-9-13-34(54)36-17-19-38(62-36)39-20-18-37(63-39)35(55)14-10-8-12-24-59-40(56)21-22-41(57)60-28-30-15-16-32(26-33(30)49)44(52-53-44)45(46,47)48/h2,4,15-16,25-26,29,34-39,54-55H,3,5,7-8,10-14,17-24,27-28H2,1H3/b4-2-/t29-,34+,35+,36+,37+,38+,39+/m0/s1/i49-2. The topological polar surface area (TPSA) is 187 Å². The normalized spacial score (nSPS) is 25.0. The first-order chi connectivity index (χ1) is 30.2. The van der Waals surface area contributed by atoms with Crippen molar-refractivity contribution < 1.29 is 61.5 Å². The summed E-state index contributed by atoms with van der Waals surface area (Å²) in [5, 5.41) is 36.3. The largest absolute Gasteiger partial charge is 0.466 e. The molecular formula is C45H56F3IN4O10. The molecule has 6 rings (SSSR count). The lowest BCUT2D eigenvalue weighted by Gasteiger charge is -2.23. The molecule has 5 aliphatic rings. The molecule has 1 aromatic rings. The van der Waals surface area contributed by atoms with E-state index in [0.29, 0.717) is 40.4 Å². The molecule has 18 heteroatoms. The van der Waals surface area contributed by atoms with Crippen molar-refractivity contribution >= 4 is 40.5 Å². The van der Waals surface area contributed by atoms with Crippen LogP contribution >= 0.6 is 22.6 Å². The smallest absolute Gasteiger partial charge is 0.442 e. The second-order valence-corrected chi connectivity index (χ2v) is 18.0. The van der Waals surface area contributed by atoms with Gasteiger partial charge in [0, 0.05) is 33.1 Å². The molecule has 0 saturated carbocycles. The van der Waals surface area contributed by atoms with E-state index < -0.39 is 41.6 Å². The molecule has 0 unspecified atom stereocenters. The van der Waals surface area contributed by atoms with Crippen LogP contribution < -0.4 is 0 Å². The zero-order valence-electron chi connectivity index (χ0n) is 35.4. The Morgan fingerprint density at radius 3 is 2.25 bits per heavy atom. The summed E-state index contributed by atoms with van der Waals surface area (Å²) >= 11 is 1.86. The van der Waals surface area contributed by atoms with E-state index >= 15 is 0 Å². The Balaban J connectivity index is 0.745. The number of esters is 3. The van der Waals surface area contributed by atoms with Crippen molar-refractivity contribution in [1.29, 1.82) is 0 Å². The van der Waals surface area contributed by atoms with Gasteiger partial charge in [-0.2, -0.15) is 23.4 Å². The monoisotopic (exact) mass is 994 g/mol. The predicted molar refractivity (Wildman–Crippen MR) is 228 cm³/mol. The molecule has 0 radical (unpaired) electrons. The highest BCUT2D eigenvalue weighted by Crippen LogP contribution is 2.52. The lowest BCUT2D eigenvalue weighted by atomic mass is 9.97. The second kappa shape index (κ2) is 22.4. The minimum absolute atomic E-state index is 0.108. The minimum atomic E-state index is -4.63. The molecule has 14 nitrogen and oxygen atoms in total. The van der Waals surface area contributed by atoms with Crippen molar-refractivity contribution in [3.05, 3.63) is 56.7 Å². The van der Waals surface area contributed by atoms with Gasteiger partial charge in [0.25, 0.3) is 0 Å². The number of halogens is 4. The molecule has 0 aromatic heterocycles. The summed E-state index contributed by atoms with van der Waals surface area (Å²) in [6.07, 6.45) is 9.53. The van der Waals surface area contributed by atoms with Crippen LogP contribution in [-0.2, 0) is 50.3 Å². The van der Waals surface area contributed by atoms with Gasteiger partial charge in [-0.3, -0.25) is 9.59 Å². The minimum Gasteiger partial charge on any atom is -0.466 e. The number of allylic oxidation sites excluding steroid dienone is 2. The molecule has 7 atom stereocenters. The zero-order chi connectivity index (χ0) is 45.0. The van der Waals surface area contributed by atoms with Crippen LogP contribution in [0.1, 0.15) is 127 Å². The number of carbonyl (C=O) groups excluding carboxylic acids is 3. The summed E-state index contributed by atoms with van der Waals surface area (Å²) in [7, 11) is 0. The fourth-order valence-electron chi connectivity index (χ4n) is 8.07. The number of unbranched alkanes of at least 4 members (excludes halogenated alkanes) is 5. The predicted octanol–water partition coefficient (Wildman–Crippen LogP) is 8.54. The van der Waals surface area contributed by atoms with Crippen LogP contribution in [0.3, 0.4) is 0 Å². The molecule has 2 N–H and O–H groups in total. The van der Waals surface area contributed by atoms with Gasteiger partial charge in [0.05, 0.1) is 56.1 Å². The average molecular weight is 995 g/mol. The summed E-state index contributed by atoms with van der Waals surface area (Å²) in [5.74, 6) is 4.62. The van der Waals surface area contributed by atoms with Gasteiger partial charge in [0.15, 0.2) is 5.66 Å². The highest BCUT2D eigenvalue weighted by Gasteiger charge is 2.65. The van der Waals surface area contributed by atoms with Crippen molar-refractivity contribution in [2.45, 2.75) is 183 Å². The summed E-state index contributed by atoms with van der Waals surface area (Å²) in [6.45, 7) is 1.87. The first-order valence-electron chi connectivity index (χ1n) is 21.9. The van der Waals surface area contributed by atoms with Gasteiger partial charge in [-0.05, 0) is 118 Å². The van der Waals surface area contributed by atoms with Gasteiger partial charge < -0.3 is 33.9 Å². The maximum Gasteiger partial charge on any atom is 0.442 e. The van der Waals surface area contributed by atoms with Crippen LogP contribution in [0.4, 0.5) is 13.2 Å². The van der Waals surface area contributed by atoms with E-state index in [2.05, 4.69) is 32.3 Å². The summed E-state index contributed by atoms with van der Waals surface area (Å²) in [4.78, 5) is 36.2. The molecule has 5 aliphatic heterocycles. The van der Waals surface area contributed by atoms with Crippen molar-refractivity contribution in [2.75, 3.05) is 6.61 Å². The Morgan fingerprint density at radius 2 is 1.62 bits per heavy atom. The molecule has 63 heavy (non-hydrogen) atoms. The van der Waals surface area contributed by atoms with Crippen LogP contribution in [0, 0.1) is 15.4 Å². The SMILES string of the molecule is C[C@H]1C=C(CC2(CCCCC/C=C\C#CC[C@@H](O)[C@H]3CC[C@H]([C@H]4CC[C@H]([C@H](O)CCCCCOC(=O)CCC(=O)OCc5ccc(C6(C(F)(F)F)N=N6)cc5[125I])O4)O3)N=N2)C(=O)O1. The molecule has 1 aromatic carbocycles. The fraction of sp³-hybridized carbons (Fsp3) is 0.667. The van der Waals surface area contributed by atoms with Gasteiger partial charge in [0.2, 0.25) is 0 Å². The van der Waals surface area contributed by atoms with E-state index in [1.54, 1.807) is 0 Å². The fourth-order valence-corrected chi connectivity index (χ4v) is 8.74. The third kappa shape index (κ3) is 14.1. The number of rotatable bonds is 24. The second-order valence-electron chi connectivity index (χ2n) is 16.8. The number of carbonyl (C=O) groups is 3. The third-order valence-corrected chi connectivity index (χ3v) is 12.8. The van der Waals surface area contributed by atoms with Gasteiger partial charge in [-0.25, -0.2) is 4.79 Å². The van der Waals surface area contributed by atoms with Gasteiger partial charge in [0.1, 0.15) is 12.7 Å². The molecule has 0 aliphatic carbocycles. The Kier molecular flexibility index (Phi) is 17.3. The number of hydrogen-bond donors (Lipinski definition) is 2. The molecule has 2 fully saturated rings. The van der Waals surface area contributed by atoms with Crippen LogP contribution in [0.25, 0.3) is 0 Å². The number of ether oxygens (including phenoxy) is 5. The average Bonchev–Trinajstić information content (AvgIpc) is 4.05. The van der Waals surface area contributed by atoms with Crippen molar-refractivity contribution in [3.8, 4) is 11.8 Å². The van der Waals surface area contributed by atoms with Crippen molar-refractivity contribution in [1.82, 2.24) is 0 Å². The molecular weight excluding hydrogens is 938 g/mol. The van der Waals surface area contributed by atoms with E-state index in [9.17, 15) is 37.8 Å². The van der Waals surface area contributed by atoms with E-state index in [0.717, 1.165) is 70.6 Å². The Morgan fingerprint density at radius 1 is 0.937 bits per heavy atom. The molecule has 2 saturated heterocycles. The van der Waals surface area contributed by atoms with Gasteiger partial charge >= 0.3 is 29.7 Å². The number of benzene rings is 1. The molecule has 0 bridgehead atoms.